The van der Waals surface area contributed by atoms with Crippen LogP contribution in [0.4, 0.5) is 4.39 Å². The van der Waals surface area contributed by atoms with Gasteiger partial charge < -0.3 is 10.1 Å². The van der Waals surface area contributed by atoms with Crippen molar-refractivity contribution < 1.29 is 13.9 Å². The molecule has 182 valence electrons. The van der Waals surface area contributed by atoms with Crippen LogP contribution in [0.25, 0.3) is 11.0 Å². The van der Waals surface area contributed by atoms with Crippen LogP contribution < -0.4 is 21.3 Å². The summed E-state index contributed by atoms with van der Waals surface area (Å²) in [6.45, 7) is 3.87. The summed E-state index contributed by atoms with van der Waals surface area (Å²) >= 11 is 0. The Bertz CT molecular complexity index is 1480. The van der Waals surface area contributed by atoms with Crippen LogP contribution in [0.2, 0.25) is 0 Å². The fourth-order valence-corrected chi connectivity index (χ4v) is 3.99. The monoisotopic (exact) mass is 479 g/mol. The molecule has 1 N–H and O–H groups in total. The Morgan fingerprint density at radius 3 is 2.29 bits per heavy atom. The van der Waals surface area contributed by atoms with Crippen LogP contribution in [0.5, 0.6) is 5.75 Å². The zero-order chi connectivity index (χ0) is 25.1. The first-order chi connectivity index (χ1) is 16.8. The summed E-state index contributed by atoms with van der Waals surface area (Å²) in [4.78, 5) is 39.6. The molecule has 10 heteroatoms. The third-order valence-electron chi connectivity index (χ3n) is 5.78. The van der Waals surface area contributed by atoms with Crippen LogP contribution in [0.3, 0.4) is 0 Å². The molecule has 1 amide bonds. The number of aryl methyl sites for hydroxylation is 2. The van der Waals surface area contributed by atoms with Gasteiger partial charge in [-0.2, -0.15) is 5.10 Å². The molecular formula is C25H26FN5O4. The topological polar surface area (TPSA) is 100 Å². The van der Waals surface area contributed by atoms with Gasteiger partial charge in [-0.05, 0) is 49.2 Å². The van der Waals surface area contributed by atoms with Crippen molar-refractivity contribution in [1.82, 2.24) is 24.2 Å². The van der Waals surface area contributed by atoms with E-state index in [1.807, 2.05) is 19.1 Å². The number of rotatable bonds is 8. The molecule has 0 unspecified atom stereocenters. The zero-order valence-electron chi connectivity index (χ0n) is 19.7. The minimum atomic E-state index is -0.634. The highest BCUT2D eigenvalue weighted by molar-refractivity contribution is 5.81. The van der Waals surface area contributed by atoms with E-state index in [1.165, 1.54) is 33.5 Å². The van der Waals surface area contributed by atoms with Gasteiger partial charge in [-0.1, -0.05) is 24.3 Å². The van der Waals surface area contributed by atoms with E-state index in [-0.39, 0.29) is 31.1 Å². The van der Waals surface area contributed by atoms with Crippen LogP contribution >= 0.6 is 0 Å². The van der Waals surface area contributed by atoms with Crippen molar-refractivity contribution >= 4 is 16.9 Å². The van der Waals surface area contributed by atoms with E-state index >= 15 is 0 Å². The molecule has 0 bridgehead atoms. The second-order valence-electron chi connectivity index (χ2n) is 8.11. The van der Waals surface area contributed by atoms with Crippen molar-refractivity contribution in [2.45, 2.75) is 40.0 Å². The summed E-state index contributed by atoms with van der Waals surface area (Å²) in [6, 6.07) is 12.8. The van der Waals surface area contributed by atoms with Crippen LogP contribution in [0.15, 0.2) is 58.1 Å². The first-order valence-electron chi connectivity index (χ1n) is 11.2. The first-order valence-corrected chi connectivity index (χ1v) is 11.2. The molecule has 0 aliphatic heterocycles. The number of ether oxygens (including phenoxy) is 1. The van der Waals surface area contributed by atoms with Gasteiger partial charge in [-0.25, -0.2) is 9.18 Å². The molecule has 0 saturated heterocycles. The van der Waals surface area contributed by atoms with Gasteiger partial charge in [0.25, 0.3) is 5.56 Å². The number of carbonyl (C=O) groups excluding carboxylic acids is 1. The highest BCUT2D eigenvalue weighted by atomic mass is 19.1. The molecule has 35 heavy (non-hydrogen) atoms. The minimum absolute atomic E-state index is 0.0602. The molecule has 2 aromatic carbocycles. The highest BCUT2D eigenvalue weighted by Gasteiger charge is 2.21. The largest absolute Gasteiger partial charge is 0.497 e. The minimum Gasteiger partial charge on any atom is -0.497 e. The summed E-state index contributed by atoms with van der Waals surface area (Å²) in [5.41, 5.74) is 1.36. The van der Waals surface area contributed by atoms with E-state index in [9.17, 15) is 18.8 Å². The average Bonchev–Trinajstić information content (AvgIpc) is 3.20. The van der Waals surface area contributed by atoms with Crippen LogP contribution in [-0.4, -0.2) is 31.9 Å². The maximum Gasteiger partial charge on any atom is 0.332 e. The summed E-state index contributed by atoms with van der Waals surface area (Å²) in [6.07, 6.45) is 0. The molecule has 0 aliphatic rings. The number of halogens is 1. The third-order valence-corrected chi connectivity index (χ3v) is 5.78. The second kappa shape index (κ2) is 9.96. The van der Waals surface area contributed by atoms with Gasteiger partial charge in [0, 0.05) is 13.1 Å². The lowest BCUT2D eigenvalue weighted by Gasteiger charge is -2.13. The van der Waals surface area contributed by atoms with Gasteiger partial charge >= 0.3 is 5.69 Å². The van der Waals surface area contributed by atoms with Crippen LogP contribution in [-0.2, 0) is 31.0 Å². The van der Waals surface area contributed by atoms with E-state index < -0.39 is 17.1 Å². The first kappa shape index (κ1) is 23.9. The Balaban J connectivity index is 1.70. The molecule has 0 radical (unpaired) electrons. The molecule has 2 heterocycles. The Labute approximate surface area is 200 Å². The molecule has 0 atom stereocenters. The number of benzene rings is 2. The number of fused-ring (bicyclic) bond motifs is 1. The Hall–Kier alpha value is -4.21. The maximum atomic E-state index is 13.4. The van der Waals surface area contributed by atoms with Crippen molar-refractivity contribution in [2.75, 3.05) is 7.11 Å². The van der Waals surface area contributed by atoms with E-state index in [2.05, 4.69) is 10.4 Å². The van der Waals surface area contributed by atoms with E-state index in [4.69, 9.17) is 4.74 Å². The normalized spacial score (nSPS) is 11.1. The molecule has 0 spiro atoms. The van der Waals surface area contributed by atoms with E-state index in [1.54, 1.807) is 26.2 Å². The number of carbonyl (C=O) groups is 1. The highest BCUT2D eigenvalue weighted by Crippen LogP contribution is 2.15. The second-order valence-corrected chi connectivity index (χ2v) is 8.11. The quantitative estimate of drug-likeness (QED) is 0.418. The SMILES string of the molecule is CCn1nc(C)c2c1c(=O)n(Cc1ccc(F)cc1)c(=O)n2CC(=O)NCc1ccc(OC)cc1. The fourth-order valence-electron chi connectivity index (χ4n) is 3.99. The lowest BCUT2D eigenvalue weighted by atomic mass is 10.2. The Kier molecular flexibility index (Phi) is 6.81. The summed E-state index contributed by atoms with van der Waals surface area (Å²) in [7, 11) is 1.58. The lowest BCUT2D eigenvalue weighted by Crippen LogP contribution is -2.43. The van der Waals surface area contributed by atoms with Gasteiger partial charge in [-0.15, -0.1) is 0 Å². The molecule has 4 aromatic rings. The van der Waals surface area contributed by atoms with Gasteiger partial charge in [-0.3, -0.25) is 23.4 Å². The summed E-state index contributed by atoms with van der Waals surface area (Å²) in [5.74, 6) is -0.0946. The molecule has 0 saturated carbocycles. The zero-order valence-corrected chi connectivity index (χ0v) is 19.7. The smallest absolute Gasteiger partial charge is 0.332 e. The fraction of sp³-hybridized carbons (Fsp3) is 0.280. The van der Waals surface area contributed by atoms with E-state index in [0.717, 1.165) is 10.1 Å². The molecule has 4 rings (SSSR count). The summed E-state index contributed by atoms with van der Waals surface area (Å²) < 4.78 is 22.3. The Morgan fingerprint density at radius 2 is 1.66 bits per heavy atom. The number of amides is 1. The molecule has 0 fully saturated rings. The predicted octanol–water partition coefficient (Wildman–Crippen LogP) is 2.20. The van der Waals surface area contributed by atoms with Gasteiger partial charge in [0.2, 0.25) is 5.91 Å². The van der Waals surface area contributed by atoms with Gasteiger partial charge in [0.15, 0.2) is 5.52 Å². The number of hydrogen-bond donors (Lipinski definition) is 1. The van der Waals surface area contributed by atoms with Crippen molar-refractivity contribution in [3.63, 3.8) is 0 Å². The number of aromatic nitrogens is 4. The van der Waals surface area contributed by atoms with Gasteiger partial charge in [0.1, 0.15) is 23.6 Å². The third kappa shape index (κ3) is 4.86. The number of nitrogens with zero attached hydrogens (tertiary/aromatic N) is 4. The van der Waals surface area contributed by atoms with Crippen molar-refractivity contribution in [3.8, 4) is 5.75 Å². The van der Waals surface area contributed by atoms with E-state index in [0.29, 0.717) is 29.1 Å². The molecular weight excluding hydrogens is 453 g/mol. The number of hydrogen-bond acceptors (Lipinski definition) is 5. The molecule has 2 aromatic heterocycles. The summed E-state index contributed by atoms with van der Waals surface area (Å²) in [5, 5.41) is 7.21. The van der Waals surface area contributed by atoms with Crippen LogP contribution in [0.1, 0.15) is 23.7 Å². The maximum absolute atomic E-state index is 13.4. The predicted molar refractivity (Wildman–Crippen MR) is 129 cm³/mol. The van der Waals surface area contributed by atoms with Gasteiger partial charge in [0.05, 0.1) is 19.3 Å². The van der Waals surface area contributed by atoms with Crippen molar-refractivity contribution in [1.29, 1.82) is 0 Å². The van der Waals surface area contributed by atoms with Crippen molar-refractivity contribution in [2.24, 2.45) is 0 Å². The molecule has 0 aliphatic carbocycles. The van der Waals surface area contributed by atoms with Crippen molar-refractivity contribution in [3.05, 3.63) is 92.0 Å². The lowest BCUT2D eigenvalue weighted by molar-refractivity contribution is -0.121. The standard InChI is InChI=1S/C25H26FN5O4/c1-4-31-23-22(16(2)28-31)29(15-21(32)27-13-17-7-11-20(35-3)12-8-17)25(34)30(24(23)33)14-18-5-9-19(26)10-6-18/h5-12H,4,13-15H2,1-3H3,(H,27,32). The number of nitrogens with one attached hydrogen (secondary N) is 1. The number of methoxy groups -OCH3 is 1. The molecule has 9 nitrogen and oxygen atoms in total. The average molecular weight is 480 g/mol. The van der Waals surface area contributed by atoms with Crippen LogP contribution in [0, 0.1) is 12.7 Å². The Morgan fingerprint density at radius 1 is 1.00 bits per heavy atom.